The minimum Gasteiger partial charge on any atom is -0.339 e. The van der Waals surface area contributed by atoms with Gasteiger partial charge >= 0.3 is 0 Å². The van der Waals surface area contributed by atoms with E-state index in [9.17, 15) is 9.59 Å². The molecular weight excluding hydrogens is 391 g/mol. The smallest absolute Gasteiger partial charge is 0.255 e. The average Bonchev–Trinajstić information content (AvgIpc) is 3.27. The summed E-state index contributed by atoms with van der Waals surface area (Å²) in [5.74, 6) is 0.578. The summed E-state index contributed by atoms with van der Waals surface area (Å²) >= 11 is 13.8. The lowest BCUT2D eigenvalue weighted by atomic mass is 10.1. The standard InChI is InChI=1S/C19H18Cl2N2O2S/c20-12-3-4-16(21)15(10-12)19(25)23-7-5-22(6-8-23)18(24)14-11-13(14)17-2-1-9-26-17/h1-4,9-10,13-14H,5-8,11H2. The van der Waals surface area contributed by atoms with Gasteiger partial charge < -0.3 is 9.80 Å². The van der Waals surface area contributed by atoms with Crippen LogP contribution in [-0.2, 0) is 4.79 Å². The Labute approximate surface area is 166 Å². The summed E-state index contributed by atoms with van der Waals surface area (Å²) in [6.07, 6.45) is 0.941. The van der Waals surface area contributed by atoms with Gasteiger partial charge in [-0.3, -0.25) is 9.59 Å². The minimum absolute atomic E-state index is 0.110. The van der Waals surface area contributed by atoms with E-state index in [4.69, 9.17) is 23.2 Å². The second-order valence-corrected chi connectivity index (χ2v) is 8.53. The third kappa shape index (κ3) is 3.48. The summed E-state index contributed by atoms with van der Waals surface area (Å²) in [6.45, 7) is 2.17. The zero-order valence-electron chi connectivity index (χ0n) is 14.0. The molecule has 0 bridgehead atoms. The van der Waals surface area contributed by atoms with Crippen LogP contribution >= 0.6 is 34.5 Å². The predicted octanol–water partition coefficient (Wildman–Crippen LogP) is 4.14. The maximum Gasteiger partial charge on any atom is 0.255 e. The third-order valence-electron chi connectivity index (χ3n) is 5.05. The van der Waals surface area contributed by atoms with Crippen LogP contribution in [-0.4, -0.2) is 47.8 Å². The number of amides is 2. The topological polar surface area (TPSA) is 40.6 Å². The van der Waals surface area contributed by atoms with Crippen LogP contribution < -0.4 is 0 Å². The highest BCUT2D eigenvalue weighted by molar-refractivity contribution is 7.10. The fourth-order valence-electron chi connectivity index (χ4n) is 3.48. The van der Waals surface area contributed by atoms with Crippen molar-refractivity contribution in [3.63, 3.8) is 0 Å². The first-order chi connectivity index (χ1) is 12.5. The fourth-order valence-corrected chi connectivity index (χ4v) is 4.76. The van der Waals surface area contributed by atoms with Crippen molar-refractivity contribution in [2.24, 2.45) is 5.92 Å². The first-order valence-corrected chi connectivity index (χ1v) is 10.2. The van der Waals surface area contributed by atoms with E-state index in [0.717, 1.165) is 6.42 Å². The minimum atomic E-state index is -0.132. The maximum atomic E-state index is 12.7. The molecule has 2 amide bonds. The zero-order valence-corrected chi connectivity index (χ0v) is 16.4. The Balaban J connectivity index is 1.35. The van der Waals surface area contributed by atoms with Crippen LogP contribution in [0.1, 0.15) is 27.6 Å². The van der Waals surface area contributed by atoms with Gasteiger partial charge in [-0.1, -0.05) is 29.3 Å². The molecule has 4 rings (SSSR count). The maximum absolute atomic E-state index is 12.7. The van der Waals surface area contributed by atoms with Crippen LogP contribution in [0.25, 0.3) is 0 Å². The molecule has 2 aromatic rings. The van der Waals surface area contributed by atoms with Gasteiger partial charge in [0, 0.05) is 47.9 Å². The molecule has 1 aliphatic carbocycles. The molecule has 2 fully saturated rings. The molecule has 1 aromatic heterocycles. The highest BCUT2D eigenvalue weighted by Gasteiger charge is 2.46. The molecule has 2 atom stereocenters. The van der Waals surface area contributed by atoms with Gasteiger partial charge in [0.25, 0.3) is 5.91 Å². The number of piperazine rings is 1. The number of carbonyl (C=O) groups excluding carboxylic acids is 2. The normalized spacial score (nSPS) is 22.4. The van der Waals surface area contributed by atoms with Crippen molar-refractivity contribution in [1.29, 1.82) is 0 Å². The van der Waals surface area contributed by atoms with E-state index in [-0.39, 0.29) is 17.7 Å². The molecule has 0 spiro atoms. The number of carbonyl (C=O) groups is 2. The number of nitrogens with zero attached hydrogens (tertiary/aromatic N) is 2. The average molecular weight is 409 g/mol. The first-order valence-electron chi connectivity index (χ1n) is 8.61. The molecular formula is C19H18Cl2N2O2S. The summed E-state index contributed by atoms with van der Waals surface area (Å²) in [6, 6.07) is 9.03. The van der Waals surface area contributed by atoms with Crippen molar-refractivity contribution < 1.29 is 9.59 Å². The van der Waals surface area contributed by atoms with E-state index in [0.29, 0.717) is 47.7 Å². The Morgan fingerprint density at radius 2 is 1.77 bits per heavy atom. The van der Waals surface area contributed by atoms with Gasteiger partial charge in [-0.2, -0.15) is 0 Å². The predicted molar refractivity (Wildman–Crippen MR) is 104 cm³/mol. The SMILES string of the molecule is O=C(c1cc(Cl)ccc1Cl)N1CCN(C(=O)C2CC2c2cccs2)CC1. The third-order valence-corrected chi connectivity index (χ3v) is 6.62. The van der Waals surface area contributed by atoms with Gasteiger partial charge in [0.15, 0.2) is 0 Å². The quantitative estimate of drug-likeness (QED) is 0.765. The van der Waals surface area contributed by atoms with E-state index >= 15 is 0 Å². The molecule has 2 aliphatic rings. The zero-order chi connectivity index (χ0) is 18.3. The van der Waals surface area contributed by atoms with Gasteiger partial charge in [-0.15, -0.1) is 11.3 Å². The number of hydrogen-bond donors (Lipinski definition) is 0. The monoisotopic (exact) mass is 408 g/mol. The van der Waals surface area contributed by atoms with Crippen LogP contribution in [0.3, 0.4) is 0 Å². The van der Waals surface area contributed by atoms with Gasteiger partial charge in [0.2, 0.25) is 5.91 Å². The Bertz CT molecular complexity index is 832. The van der Waals surface area contributed by atoms with Crippen LogP contribution in [0.5, 0.6) is 0 Å². The molecule has 1 aliphatic heterocycles. The van der Waals surface area contributed by atoms with Crippen LogP contribution in [0, 0.1) is 5.92 Å². The lowest BCUT2D eigenvalue weighted by Crippen LogP contribution is -2.51. The van der Waals surface area contributed by atoms with Gasteiger partial charge in [0.1, 0.15) is 0 Å². The van der Waals surface area contributed by atoms with Gasteiger partial charge in [0.05, 0.1) is 10.6 Å². The number of benzene rings is 1. The summed E-state index contributed by atoms with van der Waals surface area (Å²) in [4.78, 5) is 30.3. The molecule has 2 unspecified atom stereocenters. The molecule has 0 N–H and O–H groups in total. The Morgan fingerprint density at radius 1 is 1.04 bits per heavy atom. The van der Waals surface area contributed by atoms with E-state index in [1.807, 2.05) is 11.0 Å². The molecule has 7 heteroatoms. The van der Waals surface area contributed by atoms with E-state index in [1.54, 1.807) is 34.4 Å². The number of halogens is 2. The van der Waals surface area contributed by atoms with Crippen LogP contribution in [0.2, 0.25) is 10.0 Å². The molecule has 136 valence electrons. The summed E-state index contributed by atoms with van der Waals surface area (Å²) in [5.41, 5.74) is 0.416. The molecule has 1 saturated carbocycles. The summed E-state index contributed by atoms with van der Waals surface area (Å²) in [7, 11) is 0. The molecule has 1 aromatic carbocycles. The van der Waals surface area contributed by atoms with Gasteiger partial charge in [-0.05, 0) is 36.1 Å². The molecule has 26 heavy (non-hydrogen) atoms. The number of rotatable bonds is 3. The van der Waals surface area contributed by atoms with E-state index < -0.39 is 0 Å². The lowest BCUT2D eigenvalue weighted by Gasteiger charge is -2.35. The van der Waals surface area contributed by atoms with E-state index in [1.165, 1.54) is 4.88 Å². The highest BCUT2D eigenvalue weighted by Crippen LogP contribution is 2.50. The number of thiophene rings is 1. The lowest BCUT2D eigenvalue weighted by molar-refractivity contribution is -0.134. The highest BCUT2D eigenvalue weighted by atomic mass is 35.5. The number of hydrogen-bond acceptors (Lipinski definition) is 3. The second kappa shape index (κ2) is 7.22. The van der Waals surface area contributed by atoms with Crippen molar-refractivity contribution in [2.45, 2.75) is 12.3 Å². The van der Waals surface area contributed by atoms with Crippen molar-refractivity contribution in [3.05, 3.63) is 56.2 Å². The van der Waals surface area contributed by atoms with E-state index in [2.05, 4.69) is 11.4 Å². The Hall–Kier alpha value is -1.56. The molecule has 4 nitrogen and oxygen atoms in total. The first kappa shape index (κ1) is 17.8. The van der Waals surface area contributed by atoms with Crippen LogP contribution in [0.4, 0.5) is 0 Å². The molecule has 0 radical (unpaired) electrons. The molecule has 2 heterocycles. The van der Waals surface area contributed by atoms with Crippen LogP contribution in [0.15, 0.2) is 35.7 Å². The van der Waals surface area contributed by atoms with Crippen molar-refractivity contribution >= 4 is 46.4 Å². The van der Waals surface area contributed by atoms with Crippen molar-refractivity contribution in [2.75, 3.05) is 26.2 Å². The summed E-state index contributed by atoms with van der Waals surface area (Å²) in [5, 5.41) is 2.94. The van der Waals surface area contributed by atoms with Crippen molar-refractivity contribution in [1.82, 2.24) is 9.80 Å². The summed E-state index contributed by atoms with van der Waals surface area (Å²) < 4.78 is 0. The Morgan fingerprint density at radius 3 is 2.46 bits per heavy atom. The second-order valence-electron chi connectivity index (χ2n) is 6.71. The van der Waals surface area contributed by atoms with Crippen molar-refractivity contribution in [3.8, 4) is 0 Å². The Kier molecular flexibility index (Phi) is 4.95. The largest absolute Gasteiger partial charge is 0.339 e. The fraction of sp³-hybridized carbons (Fsp3) is 0.368. The van der Waals surface area contributed by atoms with Gasteiger partial charge in [-0.25, -0.2) is 0 Å². The molecule has 1 saturated heterocycles.